The highest BCUT2D eigenvalue weighted by molar-refractivity contribution is 7.98. The van der Waals surface area contributed by atoms with E-state index in [4.69, 9.17) is 9.73 Å². The number of aromatic nitrogens is 3. The first kappa shape index (κ1) is 24.1. The van der Waals surface area contributed by atoms with Crippen molar-refractivity contribution in [2.45, 2.75) is 59.7 Å². The molecule has 0 fully saturated rings. The molecule has 1 aromatic heterocycles. The highest BCUT2D eigenvalue weighted by atomic mass is 32.2. The van der Waals surface area contributed by atoms with Gasteiger partial charge in [-0.2, -0.15) is 11.8 Å². The summed E-state index contributed by atoms with van der Waals surface area (Å²) in [4.78, 5) is 4.82. The number of nitrogens with one attached hydrogen (secondary N) is 2. The van der Waals surface area contributed by atoms with E-state index in [1.807, 2.05) is 30.3 Å². The molecule has 1 unspecified atom stereocenters. The number of ether oxygens (including phenoxy) is 1. The van der Waals surface area contributed by atoms with Gasteiger partial charge in [-0.1, -0.05) is 19.1 Å². The molecule has 7 nitrogen and oxygen atoms in total. The van der Waals surface area contributed by atoms with Crippen LogP contribution in [0.1, 0.15) is 49.5 Å². The number of benzene rings is 1. The van der Waals surface area contributed by atoms with Crippen molar-refractivity contribution in [1.29, 1.82) is 0 Å². The Morgan fingerprint density at radius 2 is 2.07 bits per heavy atom. The Morgan fingerprint density at radius 3 is 2.73 bits per heavy atom. The Kier molecular flexibility index (Phi) is 10.00. The summed E-state index contributed by atoms with van der Waals surface area (Å²) in [6, 6.07) is 6.31. The van der Waals surface area contributed by atoms with Gasteiger partial charge in [-0.15, -0.1) is 10.2 Å². The number of aryl methyl sites for hydroxylation is 2. The van der Waals surface area contributed by atoms with E-state index in [0.29, 0.717) is 13.1 Å². The van der Waals surface area contributed by atoms with Crippen LogP contribution < -0.4 is 15.4 Å². The van der Waals surface area contributed by atoms with Crippen LogP contribution in [-0.4, -0.2) is 45.4 Å². The first-order chi connectivity index (χ1) is 14.4. The smallest absolute Gasteiger partial charge is 0.191 e. The second-order valence-electron chi connectivity index (χ2n) is 7.46. The third-order valence-electron chi connectivity index (χ3n) is 4.95. The highest BCUT2D eigenvalue weighted by Gasteiger charge is 2.10. The van der Waals surface area contributed by atoms with Crippen molar-refractivity contribution in [2.24, 2.45) is 12.0 Å². The lowest BCUT2D eigenvalue weighted by atomic mass is 10.1. The van der Waals surface area contributed by atoms with Crippen LogP contribution in [0.3, 0.4) is 0 Å². The van der Waals surface area contributed by atoms with Crippen molar-refractivity contribution in [3.8, 4) is 5.75 Å². The molecular formula is C22H36N6OS. The minimum Gasteiger partial charge on any atom is -0.490 e. The number of nitrogens with zero attached hydrogens (tertiary/aromatic N) is 4. The summed E-state index contributed by atoms with van der Waals surface area (Å²) < 4.78 is 8.12. The average Bonchev–Trinajstić information content (AvgIpc) is 3.05. The number of hydrogen-bond acceptors (Lipinski definition) is 5. The molecule has 0 amide bonds. The van der Waals surface area contributed by atoms with Gasteiger partial charge in [0.1, 0.15) is 11.6 Å². The predicted octanol–water partition coefficient (Wildman–Crippen LogP) is 3.60. The lowest BCUT2D eigenvalue weighted by Crippen LogP contribution is -2.38. The van der Waals surface area contributed by atoms with Gasteiger partial charge in [0.05, 0.1) is 19.2 Å². The summed E-state index contributed by atoms with van der Waals surface area (Å²) in [6.45, 7) is 10.2. The van der Waals surface area contributed by atoms with E-state index >= 15 is 0 Å². The molecule has 0 bridgehead atoms. The van der Waals surface area contributed by atoms with Crippen LogP contribution in [0.25, 0.3) is 0 Å². The topological polar surface area (TPSA) is 76.4 Å². The molecule has 0 aliphatic heterocycles. The number of guanidine groups is 1. The fraction of sp³-hybridized carbons (Fsp3) is 0.591. The summed E-state index contributed by atoms with van der Waals surface area (Å²) in [6.07, 6.45) is 4.35. The average molecular weight is 433 g/mol. The van der Waals surface area contributed by atoms with Gasteiger partial charge in [0.25, 0.3) is 0 Å². The zero-order valence-corrected chi connectivity index (χ0v) is 20.0. The summed E-state index contributed by atoms with van der Waals surface area (Å²) >= 11 is 1.85. The van der Waals surface area contributed by atoms with E-state index in [1.54, 1.807) is 0 Å². The molecule has 2 rings (SSSR count). The van der Waals surface area contributed by atoms with Crippen LogP contribution >= 0.6 is 11.8 Å². The Balaban J connectivity index is 2.11. The normalized spacial score (nSPS) is 12.7. The van der Waals surface area contributed by atoms with Crippen LogP contribution in [0.5, 0.6) is 5.75 Å². The molecule has 0 spiro atoms. The fourth-order valence-electron chi connectivity index (χ4n) is 2.73. The molecular weight excluding hydrogens is 396 g/mol. The Hall–Kier alpha value is -2.22. The zero-order valence-electron chi connectivity index (χ0n) is 19.2. The molecule has 2 N–H and O–H groups in total. The highest BCUT2D eigenvalue weighted by Crippen LogP contribution is 2.23. The molecule has 8 heteroatoms. The largest absolute Gasteiger partial charge is 0.490 e. The van der Waals surface area contributed by atoms with Crippen LogP contribution in [0.15, 0.2) is 23.2 Å². The molecule has 1 atom stereocenters. The fourth-order valence-corrected chi connectivity index (χ4v) is 3.16. The summed E-state index contributed by atoms with van der Waals surface area (Å²) in [7, 11) is 1.97. The minimum atomic E-state index is 0.177. The van der Waals surface area contributed by atoms with E-state index in [1.165, 1.54) is 5.56 Å². The summed E-state index contributed by atoms with van der Waals surface area (Å²) in [5, 5.41) is 15.2. The van der Waals surface area contributed by atoms with Gasteiger partial charge in [-0.05, 0) is 57.3 Å². The van der Waals surface area contributed by atoms with E-state index in [2.05, 4.69) is 66.1 Å². The number of thioether (sulfide) groups is 1. The standard InChI is InChI=1S/C22H36N6OS/c1-7-17(3)29-20-13-16(2)9-10-19(20)14-24-22(23-11-8-12-30-6)25-15-21-27-26-18(4)28(21)5/h9-10,13,17H,7-8,11-12,14-15H2,1-6H3,(H2,23,24,25). The Labute approximate surface area is 185 Å². The first-order valence-corrected chi connectivity index (χ1v) is 12.0. The van der Waals surface area contributed by atoms with Crippen molar-refractivity contribution in [3.05, 3.63) is 41.0 Å². The number of rotatable bonds is 11. The first-order valence-electron chi connectivity index (χ1n) is 10.6. The Morgan fingerprint density at radius 1 is 1.27 bits per heavy atom. The van der Waals surface area contributed by atoms with Gasteiger partial charge in [-0.25, -0.2) is 4.99 Å². The van der Waals surface area contributed by atoms with E-state index in [9.17, 15) is 0 Å². The van der Waals surface area contributed by atoms with Crippen LogP contribution in [0.2, 0.25) is 0 Å². The van der Waals surface area contributed by atoms with Gasteiger partial charge in [-0.3, -0.25) is 0 Å². The van der Waals surface area contributed by atoms with Gasteiger partial charge in [0, 0.05) is 19.2 Å². The van der Waals surface area contributed by atoms with Gasteiger partial charge in [0.15, 0.2) is 11.8 Å². The van der Waals surface area contributed by atoms with E-state index in [-0.39, 0.29) is 6.10 Å². The van der Waals surface area contributed by atoms with Gasteiger partial charge in [0.2, 0.25) is 0 Å². The van der Waals surface area contributed by atoms with Crippen LogP contribution in [-0.2, 0) is 20.1 Å². The lowest BCUT2D eigenvalue weighted by Gasteiger charge is -2.17. The number of aliphatic imine (C=N–C) groups is 1. The van der Waals surface area contributed by atoms with Crippen LogP contribution in [0.4, 0.5) is 0 Å². The molecule has 0 aliphatic carbocycles. The zero-order chi connectivity index (χ0) is 21.9. The third-order valence-corrected chi connectivity index (χ3v) is 5.64. The monoisotopic (exact) mass is 432 g/mol. The molecule has 0 aliphatic rings. The molecule has 166 valence electrons. The maximum atomic E-state index is 6.13. The molecule has 0 saturated heterocycles. The third kappa shape index (κ3) is 7.55. The van der Waals surface area contributed by atoms with E-state index < -0.39 is 0 Å². The van der Waals surface area contributed by atoms with Crippen molar-refractivity contribution < 1.29 is 4.74 Å². The van der Waals surface area contributed by atoms with Crippen molar-refractivity contribution in [3.63, 3.8) is 0 Å². The summed E-state index contributed by atoms with van der Waals surface area (Å²) in [5.74, 6) is 4.57. The molecule has 1 aromatic carbocycles. The second-order valence-corrected chi connectivity index (χ2v) is 8.45. The van der Waals surface area contributed by atoms with E-state index in [0.717, 1.165) is 54.1 Å². The molecule has 2 aromatic rings. The molecule has 30 heavy (non-hydrogen) atoms. The van der Waals surface area contributed by atoms with Crippen LogP contribution in [0, 0.1) is 13.8 Å². The van der Waals surface area contributed by atoms with Crippen molar-refractivity contribution >= 4 is 17.7 Å². The SMILES string of the molecule is CCC(C)Oc1cc(C)ccc1CN=C(NCCCSC)NCc1nnc(C)n1C. The maximum absolute atomic E-state index is 6.13. The number of hydrogen-bond donors (Lipinski definition) is 2. The lowest BCUT2D eigenvalue weighted by molar-refractivity contribution is 0.215. The molecule has 0 saturated carbocycles. The molecule has 1 heterocycles. The Bertz CT molecular complexity index is 820. The van der Waals surface area contributed by atoms with Crippen molar-refractivity contribution in [1.82, 2.24) is 25.4 Å². The van der Waals surface area contributed by atoms with Gasteiger partial charge < -0.3 is 19.9 Å². The molecule has 0 radical (unpaired) electrons. The second kappa shape index (κ2) is 12.5. The quantitative estimate of drug-likeness (QED) is 0.321. The van der Waals surface area contributed by atoms with Crippen molar-refractivity contribution in [2.75, 3.05) is 18.6 Å². The maximum Gasteiger partial charge on any atom is 0.191 e. The minimum absolute atomic E-state index is 0.177. The van der Waals surface area contributed by atoms with Gasteiger partial charge >= 0.3 is 0 Å². The predicted molar refractivity (Wildman–Crippen MR) is 126 cm³/mol. The summed E-state index contributed by atoms with van der Waals surface area (Å²) in [5.41, 5.74) is 2.27.